The summed E-state index contributed by atoms with van der Waals surface area (Å²) in [6.45, 7) is 4.38. The van der Waals surface area contributed by atoms with E-state index in [0.29, 0.717) is 55.1 Å². The maximum atomic E-state index is 13.6. The maximum absolute atomic E-state index is 13.6. The molecule has 1 aliphatic carbocycles. The van der Waals surface area contributed by atoms with Crippen LogP contribution in [0.5, 0.6) is 11.5 Å². The van der Waals surface area contributed by atoms with Crippen molar-refractivity contribution >= 4 is 44.7 Å². The highest BCUT2D eigenvalue weighted by atomic mass is 32.2. The Hall–Kier alpha value is -4.59. The molecule has 0 unspecified atom stereocenters. The van der Waals surface area contributed by atoms with Crippen molar-refractivity contribution in [2.24, 2.45) is 0 Å². The van der Waals surface area contributed by atoms with Crippen LogP contribution in [0.15, 0.2) is 71.6 Å². The number of hydrogen-bond acceptors (Lipinski definition) is 11. The van der Waals surface area contributed by atoms with E-state index in [1.165, 1.54) is 0 Å². The predicted molar refractivity (Wildman–Crippen MR) is 191 cm³/mol. The van der Waals surface area contributed by atoms with Gasteiger partial charge in [0.1, 0.15) is 28.0 Å². The summed E-state index contributed by atoms with van der Waals surface area (Å²) in [6, 6.07) is 21.0. The van der Waals surface area contributed by atoms with E-state index in [9.17, 15) is 8.42 Å². The molecule has 0 radical (unpaired) electrons. The summed E-state index contributed by atoms with van der Waals surface area (Å²) >= 11 is 0. The summed E-state index contributed by atoms with van der Waals surface area (Å²) < 4.78 is 46.8. The monoisotopic (exact) mass is 685 g/mol. The van der Waals surface area contributed by atoms with Crippen LogP contribution < -0.4 is 34.6 Å². The zero-order chi connectivity index (χ0) is 33.8. The van der Waals surface area contributed by atoms with Crippen LogP contribution in [0.25, 0.3) is 0 Å². The highest BCUT2D eigenvalue weighted by Crippen LogP contribution is 2.38. The molecule has 1 aromatic heterocycles. The van der Waals surface area contributed by atoms with Gasteiger partial charge in [-0.2, -0.15) is 9.97 Å². The standard InChI is InChI=1S/C36H43N7O5S/c1-46-28-14-11-25(12-15-28)24-43-18-17-29-34(37-31-9-5-6-10-33(31)49(44,45)41-26-7-3-4-8-26)39-36(40-35(29)43)38-30-16-13-27(23-32(30)47-2)42-19-21-48-22-20-42/h5-6,9-16,23,26,41H,3-4,7-8,17-22,24H2,1-2H3,(H2,37,38,39,40). The topological polar surface area (TPSA) is 130 Å². The summed E-state index contributed by atoms with van der Waals surface area (Å²) in [7, 11) is -0.463. The Balaban J connectivity index is 1.23. The third-order valence-electron chi connectivity index (χ3n) is 9.36. The first-order valence-electron chi connectivity index (χ1n) is 16.8. The van der Waals surface area contributed by atoms with E-state index in [0.717, 1.165) is 73.7 Å². The molecule has 0 amide bonds. The predicted octanol–water partition coefficient (Wildman–Crippen LogP) is 5.60. The zero-order valence-electron chi connectivity index (χ0n) is 27.9. The number of morpholine rings is 1. The number of hydrogen-bond donors (Lipinski definition) is 3. The molecule has 1 saturated carbocycles. The number of benzene rings is 3. The number of nitrogens with one attached hydrogen (secondary N) is 3. The number of anilines is 6. The number of sulfonamides is 1. The first-order chi connectivity index (χ1) is 23.9. The molecule has 3 aliphatic rings. The first kappa shape index (κ1) is 32.9. The van der Waals surface area contributed by atoms with Gasteiger partial charge in [-0.25, -0.2) is 13.1 Å². The van der Waals surface area contributed by atoms with E-state index in [4.69, 9.17) is 24.2 Å². The van der Waals surface area contributed by atoms with Crippen molar-refractivity contribution in [3.63, 3.8) is 0 Å². The van der Waals surface area contributed by atoms with E-state index in [2.05, 4.69) is 43.4 Å². The van der Waals surface area contributed by atoms with Crippen LogP contribution in [0.2, 0.25) is 0 Å². The molecular formula is C36H43N7O5S. The molecule has 4 aromatic rings. The molecule has 2 fully saturated rings. The number of para-hydroxylation sites is 1. The van der Waals surface area contributed by atoms with Gasteiger partial charge in [-0.05, 0) is 61.2 Å². The molecule has 0 spiro atoms. The van der Waals surface area contributed by atoms with Gasteiger partial charge in [-0.3, -0.25) is 0 Å². The zero-order valence-corrected chi connectivity index (χ0v) is 28.8. The molecule has 13 heteroatoms. The van der Waals surface area contributed by atoms with Gasteiger partial charge < -0.3 is 34.6 Å². The number of nitrogens with zero attached hydrogens (tertiary/aromatic N) is 4. The lowest BCUT2D eigenvalue weighted by Crippen LogP contribution is -2.36. The molecular weight excluding hydrogens is 643 g/mol. The minimum atomic E-state index is -3.77. The Labute approximate surface area is 287 Å². The lowest BCUT2D eigenvalue weighted by atomic mass is 10.2. The maximum Gasteiger partial charge on any atom is 0.242 e. The minimum absolute atomic E-state index is 0.0479. The molecule has 2 aliphatic heterocycles. The van der Waals surface area contributed by atoms with Gasteiger partial charge in [-0.15, -0.1) is 0 Å². The fraction of sp³-hybridized carbons (Fsp3) is 0.389. The van der Waals surface area contributed by atoms with E-state index in [1.54, 1.807) is 32.4 Å². The largest absolute Gasteiger partial charge is 0.497 e. The first-order valence-corrected chi connectivity index (χ1v) is 18.3. The quantitative estimate of drug-likeness (QED) is 0.172. The van der Waals surface area contributed by atoms with Gasteiger partial charge in [0.05, 0.1) is 38.8 Å². The Morgan fingerprint density at radius 1 is 0.878 bits per heavy atom. The number of aromatic nitrogens is 2. The molecule has 0 bridgehead atoms. The summed E-state index contributed by atoms with van der Waals surface area (Å²) in [5.74, 6) is 3.16. The summed E-state index contributed by atoms with van der Waals surface area (Å²) in [5.41, 5.74) is 4.27. The molecule has 3 aromatic carbocycles. The third-order valence-corrected chi connectivity index (χ3v) is 10.9. The van der Waals surface area contributed by atoms with Crippen LogP contribution in [0.1, 0.15) is 36.8 Å². The Bertz CT molecular complexity index is 1880. The van der Waals surface area contributed by atoms with Crippen molar-refractivity contribution in [2.75, 3.05) is 67.5 Å². The van der Waals surface area contributed by atoms with Crippen LogP contribution in [-0.4, -0.2) is 71.5 Å². The van der Waals surface area contributed by atoms with E-state index >= 15 is 0 Å². The van der Waals surface area contributed by atoms with Crippen molar-refractivity contribution in [1.82, 2.24) is 14.7 Å². The van der Waals surface area contributed by atoms with E-state index < -0.39 is 10.0 Å². The fourth-order valence-corrected chi connectivity index (χ4v) is 8.23. The fourth-order valence-electron chi connectivity index (χ4n) is 6.76. The Morgan fingerprint density at radius 2 is 1.65 bits per heavy atom. The summed E-state index contributed by atoms with van der Waals surface area (Å²) in [5, 5.41) is 6.80. The van der Waals surface area contributed by atoms with Gasteiger partial charge in [-0.1, -0.05) is 37.1 Å². The number of methoxy groups -OCH3 is 2. The van der Waals surface area contributed by atoms with Crippen LogP contribution in [0.4, 0.5) is 34.6 Å². The van der Waals surface area contributed by atoms with Crippen molar-refractivity contribution in [2.45, 2.75) is 49.6 Å². The average molecular weight is 686 g/mol. The van der Waals surface area contributed by atoms with Crippen molar-refractivity contribution in [1.29, 1.82) is 0 Å². The second kappa shape index (κ2) is 14.5. The molecule has 3 heterocycles. The lowest BCUT2D eigenvalue weighted by molar-refractivity contribution is 0.122. The molecule has 0 atom stereocenters. The molecule has 12 nitrogen and oxygen atoms in total. The Morgan fingerprint density at radius 3 is 2.41 bits per heavy atom. The van der Waals surface area contributed by atoms with Crippen LogP contribution in [0, 0.1) is 0 Å². The van der Waals surface area contributed by atoms with Crippen LogP contribution >= 0.6 is 0 Å². The van der Waals surface area contributed by atoms with Crippen molar-refractivity contribution < 1.29 is 22.6 Å². The smallest absolute Gasteiger partial charge is 0.242 e. The molecule has 3 N–H and O–H groups in total. The van der Waals surface area contributed by atoms with Gasteiger partial charge in [0.25, 0.3) is 0 Å². The van der Waals surface area contributed by atoms with E-state index in [1.807, 2.05) is 30.3 Å². The van der Waals surface area contributed by atoms with Gasteiger partial charge in [0.15, 0.2) is 0 Å². The molecule has 7 rings (SSSR count). The highest BCUT2D eigenvalue weighted by Gasteiger charge is 2.29. The summed E-state index contributed by atoms with van der Waals surface area (Å²) in [4.78, 5) is 14.6. The second-order valence-corrected chi connectivity index (χ2v) is 14.2. The molecule has 49 heavy (non-hydrogen) atoms. The normalized spacial score (nSPS) is 16.4. The van der Waals surface area contributed by atoms with Crippen LogP contribution in [-0.2, 0) is 27.7 Å². The van der Waals surface area contributed by atoms with Crippen LogP contribution in [0.3, 0.4) is 0 Å². The average Bonchev–Trinajstić information content (AvgIpc) is 3.79. The molecule has 258 valence electrons. The number of fused-ring (bicyclic) bond motifs is 1. The van der Waals surface area contributed by atoms with Gasteiger partial charge in [0.2, 0.25) is 16.0 Å². The number of ether oxygens (including phenoxy) is 3. The summed E-state index contributed by atoms with van der Waals surface area (Å²) in [6.07, 6.45) is 4.46. The van der Waals surface area contributed by atoms with Crippen molar-refractivity contribution in [3.05, 3.63) is 77.9 Å². The third kappa shape index (κ3) is 7.38. The minimum Gasteiger partial charge on any atom is -0.497 e. The van der Waals surface area contributed by atoms with Gasteiger partial charge in [0, 0.05) is 49.5 Å². The highest BCUT2D eigenvalue weighted by molar-refractivity contribution is 7.89. The number of rotatable bonds is 12. The Kier molecular flexibility index (Phi) is 9.74. The van der Waals surface area contributed by atoms with Gasteiger partial charge >= 0.3 is 0 Å². The lowest BCUT2D eigenvalue weighted by Gasteiger charge is -2.29. The van der Waals surface area contributed by atoms with Crippen molar-refractivity contribution in [3.8, 4) is 11.5 Å². The molecule has 1 saturated heterocycles. The van der Waals surface area contributed by atoms with E-state index in [-0.39, 0.29) is 10.9 Å². The second-order valence-electron chi connectivity index (χ2n) is 12.6. The SMILES string of the molecule is COc1ccc(CN2CCc3c(Nc4ccccc4S(=O)(=O)NC4CCCC4)nc(Nc4ccc(N5CCOCC5)cc4OC)nc32)cc1.